The Balaban J connectivity index is 1.37. The van der Waals surface area contributed by atoms with Crippen LogP contribution in [0.1, 0.15) is 10.4 Å². The number of benzene rings is 3. The number of halogens is 2. The summed E-state index contributed by atoms with van der Waals surface area (Å²) in [6.45, 7) is 0.557. The molecule has 9 heteroatoms. The fourth-order valence-corrected chi connectivity index (χ4v) is 4.48. The zero-order chi connectivity index (χ0) is 24.7. The molecule has 2 unspecified atom stereocenters. The van der Waals surface area contributed by atoms with E-state index >= 15 is 0 Å². The van der Waals surface area contributed by atoms with Crippen LogP contribution in [0.5, 0.6) is 11.5 Å². The van der Waals surface area contributed by atoms with Gasteiger partial charge in [-0.05, 0) is 54.1 Å². The summed E-state index contributed by atoms with van der Waals surface area (Å²) in [6, 6.07) is 14.4. The molecule has 0 spiro atoms. The van der Waals surface area contributed by atoms with Crippen molar-refractivity contribution < 1.29 is 27.8 Å². The Morgan fingerprint density at radius 1 is 1.03 bits per heavy atom. The van der Waals surface area contributed by atoms with Gasteiger partial charge in [-0.25, -0.2) is 13.6 Å². The highest BCUT2D eigenvalue weighted by atomic mass is 19.1. The van der Waals surface area contributed by atoms with Gasteiger partial charge in [0.1, 0.15) is 29.2 Å². The second-order valence-electron chi connectivity index (χ2n) is 8.54. The normalized spacial score (nSPS) is 18.9. The number of anilines is 1. The van der Waals surface area contributed by atoms with E-state index in [4.69, 9.17) is 9.47 Å². The molecule has 1 saturated heterocycles. The lowest BCUT2D eigenvalue weighted by atomic mass is 10.0. The molecule has 1 N–H and O–H groups in total. The third-order valence-corrected chi connectivity index (χ3v) is 6.42. The number of methoxy groups -OCH3 is 1. The molecule has 2 aliphatic heterocycles. The molecule has 7 nitrogen and oxygen atoms in total. The first kappa shape index (κ1) is 22.6. The van der Waals surface area contributed by atoms with Crippen molar-refractivity contribution in [2.24, 2.45) is 0 Å². The lowest BCUT2D eigenvalue weighted by molar-refractivity contribution is 0.0682. The Kier molecular flexibility index (Phi) is 5.76. The lowest BCUT2D eigenvalue weighted by Crippen LogP contribution is -2.44. The van der Waals surface area contributed by atoms with Gasteiger partial charge in [-0.1, -0.05) is 6.07 Å². The molecule has 3 aromatic rings. The molecule has 2 heterocycles. The Morgan fingerprint density at radius 3 is 2.49 bits per heavy atom. The number of nitrogens with zero attached hydrogens (tertiary/aromatic N) is 2. The van der Waals surface area contributed by atoms with E-state index < -0.39 is 17.7 Å². The first-order chi connectivity index (χ1) is 16.8. The maximum atomic E-state index is 14.3. The fourth-order valence-electron chi connectivity index (χ4n) is 4.48. The molecule has 0 bridgehead atoms. The number of amides is 3. The molecule has 0 saturated carbocycles. The topological polar surface area (TPSA) is 71.1 Å². The van der Waals surface area contributed by atoms with Crippen molar-refractivity contribution in [1.29, 1.82) is 0 Å². The number of likely N-dealkylation sites (tertiary alicyclic amines) is 1. The number of carbonyl (C=O) groups is 2. The SMILES string of the molecule is COc1ccc(NC(=O)N2CC3Oc4cc(-c5ccc(F)cc5F)ccc4C(=O)N(C)C3C2)cc1. The summed E-state index contributed by atoms with van der Waals surface area (Å²) in [5, 5.41) is 2.85. The van der Waals surface area contributed by atoms with E-state index in [2.05, 4.69) is 5.32 Å². The van der Waals surface area contributed by atoms with Crippen LogP contribution in [0.25, 0.3) is 11.1 Å². The van der Waals surface area contributed by atoms with Gasteiger partial charge >= 0.3 is 6.03 Å². The zero-order valence-electron chi connectivity index (χ0n) is 19.1. The average molecular weight is 479 g/mol. The van der Waals surface area contributed by atoms with Gasteiger partial charge < -0.3 is 24.6 Å². The van der Waals surface area contributed by atoms with Gasteiger partial charge in [0.05, 0.1) is 25.3 Å². The van der Waals surface area contributed by atoms with Gasteiger partial charge in [0, 0.05) is 30.9 Å². The van der Waals surface area contributed by atoms with Crippen LogP contribution in [0.4, 0.5) is 19.3 Å². The highest BCUT2D eigenvalue weighted by Crippen LogP contribution is 2.35. The summed E-state index contributed by atoms with van der Waals surface area (Å²) in [5.74, 6) is -0.652. The Bertz CT molecular complexity index is 1300. The Morgan fingerprint density at radius 2 is 1.77 bits per heavy atom. The third kappa shape index (κ3) is 4.25. The van der Waals surface area contributed by atoms with E-state index in [-0.39, 0.29) is 30.1 Å². The van der Waals surface area contributed by atoms with Crippen LogP contribution >= 0.6 is 0 Å². The zero-order valence-corrected chi connectivity index (χ0v) is 19.1. The minimum Gasteiger partial charge on any atom is -0.497 e. The van der Waals surface area contributed by atoms with Crippen LogP contribution in [0.2, 0.25) is 0 Å². The van der Waals surface area contributed by atoms with E-state index in [1.165, 1.54) is 12.1 Å². The maximum absolute atomic E-state index is 14.3. The summed E-state index contributed by atoms with van der Waals surface area (Å²) in [4.78, 5) is 29.2. The van der Waals surface area contributed by atoms with Gasteiger partial charge in [0.15, 0.2) is 0 Å². The smallest absolute Gasteiger partial charge is 0.322 e. The van der Waals surface area contributed by atoms with Crippen LogP contribution in [0, 0.1) is 11.6 Å². The second-order valence-corrected chi connectivity index (χ2v) is 8.54. The molecule has 1 fully saturated rings. The number of rotatable bonds is 3. The van der Waals surface area contributed by atoms with Crippen molar-refractivity contribution in [3.05, 3.63) is 77.9 Å². The van der Waals surface area contributed by atoms with E-state index in [0.29, 0.717) is 34.9 Å². The summed E-state index contributed by atoms with van der Waals surface area (Å²) < 4.78 is 39.0. The molecule has 0 radical (unpaired) electrons. The van der Waals surface area contributed by atoms with Gasteiger partial charge in [-0.3, -0.25) is 4.79 Å². The predicted molar refractivity (Wildman–Crippen MR) is 126 cm³/mol. The molecular formula is C26H23F2N3O4. The van der Waals surface area contributed by atoms with Crippen molar-refractivity contribution in [2.45, 2.75) is 12.1 Å². The van der Waals surface area contributed by atoms with E-state index in [9.17, 15) is 18.4 Å². The molecule has 2 atom stereocenters. The van der Waals surface area contributed by atoms with E-state index in [1.807, 2.05) is 0 Å². The van der Waals surface area contributed by atoms with Gasteiger partial charge in [-0.15, -0.1) is 0 Å². The number of likely N-dealkylation sites (N-methyl/N-ethyl adjacent to an activating group) is 1. The molecule has 0 aliphatic carbocycles. The summed E-state index contributed by atoms with van der Waals surface area (Å²) in [6.07, 6.45) is -0.472. The van der Waals surface area contributed by atoms with Crippen LogP contribution in [-0.2, 0) is 0 Å². The quantitative estimate of drug-likeness (QED) is 0.605. The molecule has 35 heavy (non-hydrogen) atoms. The monoisotopic (exact) mass is 479 g/mol. The largest absolute Gasteiger partial charge is 0.497 e. The number of ether oxygens (including phenoxy) is 2. The highest BCUT2D eigenvalue weighted by molar-refractivity contribution is 5.98. The molecule has 180 valence electrons. The number of nitrogens with one attached hydrogen (secondary N) is 1. The summed E-state index contributed by atoms with van der Waals surface area (Å²) >= 11 is 0. The van der Waals surface area contributed by atoms with Crippen LogP contribution in [-0.4, -0.2) is 61.1 Å². The molecular weight excluding hydrogens is 456 g/mol. The first-order valence-electron chi connectivity index (χ1n) is 11.1. The molecule has 2 aliphatic rings. The minimum atomic E-state index is -0.706. The van der Waals surface area contributed by atoms with Gasteiger partial charge in [0.25, 0.3) is 5.91 Å². The first-order valence-corrected chi connectivity index (χ1v) is 11.1. The third-order valence-electron chi connectivity index (χ3n) is 6.42. The number of hydrogen-bond donors (Lipinski definition) is 1. The van der Waals surface area contributed by atoms with Crippen molar-refractivity contribution in [2.75, 3.05) is 32.6 Å². The minimum absolute atomic E-state index is 0.200. The fraction of sp³-hybridized carbons (Fsp3) is 0.231. The van der Waals surface area contributed by atoms with Crippen molar-refractivity contribution in [1.82, 2.24) is 9.80 Å². The lowest BCUT2D eigenvalue weighted by Gasteiger charge is -2.25. The molecule has 0 aromatic heterocycles. The van der Waals surface area contributed by atoms with Crippen LogP contribution in [0.15, 0.2) is 60.7 Å². The number of hydrogen-bond acceptors (Lipinski definition) is 4. The van der Waals surface area contributed by atoms with Crippen molar-refractivity contribution in [3.63, 3.8) is 0 Å². The standard InChI is InChI=1S/C26H23F2N3O4/c1-30-22-13-31(26(33)29-17-5-7-18(34-2)8-6-17)14-24(22)35-23-11-15(3-9-20(23)25(30)32)19-10-4-16(27)12-21(19)28/h3-12,22,24H,13-14H2,1-2H3,(H,29,33). The van der Waals surface area contributed by atoms with E-state index in [0.717, 1.165) is 6.07 Å². The Hall–Kier alpha value is -4.14. The Labute approximate surface area is 200 Å². The predicted octanol–water partition coefficient (Wildman–Crippen LogP) is 4.39. The highest BCUT2D eigenvalue weighted by Gasteiger charge is 2.43. The van der Waals surface area contributed by atoms with Crippen LogP contribution in [0.3, 0.4) is 0 Å². The molecule has 5 rings (SSSR count). The van der Waals surface area contributed by atoms with Crippen molar-refractivity contribution in [3.8, 4) is 22.6 Å². The van der Waals surface area contributed by atoms with Crippen molar-refractivity contribution >= 4 is 17.6 Å². The average Bonchev–Trinajstić information content (AvgIpc) is 3.24. The second kappa shape index (κ2) is 8.90. The molecule has 3 aromatic carbocycles. The number of fused-ring (bicyclic) bond motifs is 2. The van der Waals surface area contributed by atoms with E-state index in [1.54, 1.807) is 66.4 Å². The van der Waals surface area contributed by atoms with Gasteiger partial charge in [0.2, 0.25) is 0 Å². The maximum Gasteiger partial charge on any atom is 0.322 e. The number of urea groups is 1. The van der Waals surface area contributed by atoms with Crippen LogP contribution < -0.4 is 14.8 Å². The van der Waals surface area contributed by atoms with Gasteiger partial charge in [-0.2, -0.15) is 0 Å². The summed E-state index contributed by atoms with van der Waals surface area (Å²) in [7, 11) is 3.24. The molecule has 3 amide bonds. The number of carbonyl (C=O) groups excluding carboxylic acids is 2. The summed E-state index contributed by atoms with van der Waals surface area (Å²) in [5.41, 5.74) is 1.63.